The number of ether oxygens (including phenoxy) is 2. The van der Waals surface area contributed by atoms with Gasteiger partial charge in [0.25, 0.3) is 0 Å². The minimum Gasteiger partial charge on any atom is -0.457 e. The van der Waals surface area contributed by atoms with E-state index in [9.17, 15) is 9.90 Å². The fourth-order valence-corrected chi connectivity index (χ4v) is 4.63. The highest BCUT2D eigenvalue weighted by Gasteiger charge is 2.27. The summed E-state index contributed by atoms with van der Waals surface area (Å²) in [6.45, 7) is 7.87. The summed E-state index contributed by atoms with van der Waals surface area (Å²) in [5.41, 5.74) is 0.792. The van der Waals surface area contributed by atoms with Crippen molar-refractivity contribution in [2.45, 2.75) is 25.0 Å². The second-order valence-electron chi connectivity index (χ2n) is 8.62. The molecule has 2 atom stereocenters. The summed E-state index contributed by atoms with van der Waals surface area (Å²) in [6, 6.07) is 11.2. The number of H-pyrrole nitrogens is 1. The van der Waals surface area contributed by atoms with Crippen molar-refractivity contribution in [3.63, 3.8) is 0 Å². The maximum atomic E-state index is 15.2. The largest absolute Gasteiger partial charge is 0.457 e. The van der Waals surface area contributed by atoms with Crippen LogP contribution in [0.5, 0.6) is 11.5 Å². The molecule has 1 saturated heterocycles. The number of nitrogens with one attached hydrogen (secondary N) is 2. The van der Waals surface area contributed by atoms with Gasteiger partial charge in [-0.3, -0.25) is 4.79 Å². The Hall–Kier alpha value is -3.97. The summed E-state index contributed by atoms with van der Waals surface area (Å²) in [6.07, 6.45) is 3.96. The molecular formula is C27H22ClFN4O4. The number of rotatable bonds is 7. The standard InChI is InChI=1S/C27H22ClFN4O4/c1-30-22-12-32-27-23(25(22)33-15-7-8-17(13-34)36-14-15)19(11-31-27)26(35)24-20(28)9-18(10-21(24)29)37-16-5-3-2-4-6-16/h2-6,9-12,15,17,34H,7-8,13-14H2,(H2,31,32,33)/t15-,17+/m1/s1. The summed E-state index contributed by atoms with van der Waals surface area (Å²) in [5.74, 6) is -0.842. The minimum atomic E-state index is -0.836. The molecule has 3 heterocycles. The van der Waals surface area contributed by atoms with E-state index >= 15 is 4.39 Å². The number of aliphatic hydroxyl groups excluding tert-OH is 1. The van der Waals surface area contributed by atoms with Gasteiger partial charge < -0.3 is 24.9 Å². The number of benzene rings is 2. The quantitative estimate of drug-likeness (QED) is 0.208. The molecule has 0 spiro atoms. The van der Waals surface area contributed by atoms with Gasteiger partial charge in [-0.2, -0.15) is 0 Å². The fourth-order valence-electron chi connectivity index (χ4n) is 4.35. The second-order valence-corrected chi connectivity index (χ2v) is 9.03. The lowest BCUT2D eigenvalue weighted by atomic mass is 10.0. The van der Waals surface area contributed by atoms with Gasteiger partial charge in [0.2, 0.25) is 5.69 Å². The van der Waals surface area contributed by atoms with Crippen LogP contribution in [0.2, 0.25) is 5.02 Å². The van der Waals surface area contributed by atoms with Crippen molar-refractivity contribution in [2.24, 2.45) is 0 Å². The van der Waals surface area contributed by atoms with Crippen molar-refractivity contribution in [1.82, 2.24) is 9.97 Å². The molecule has 1 aliphatic heterocycles. The van der Waals surface area contributed by atoms with E-state index in [1.807, 2.05) is 6.07 Å². The second kappa shape index (κ2) is 10.6. The maximum absolute atomic E-state index is 15.2. The third-order valence-corrected chi connectivity index (χ3v) is 6.49. The van der Waals surface area contributed by atoms with Crippen molar-refractivity contribution in [2.75, 3.05) is 18.5 Å². The van der Waals surface area contributed by atoms with Crippen LogP contribution in [-0.2, 0) is 4.74 Å². The molecule has 3 N–H and O–H groups in total. The van der Waals surface area contributed by atoms with Gasteiger partial charge in [-0.15, -0.1) is 0 Å². The predicted molar refractivity (Wildman–Crippen MR) is 137 cm³/mol. The SMILES string of the molecule is [C-]#[N+]c1cnc2[nH]cc(C(=O)c3c(F)cc(Oc4ccccc4)cc3Cl)c2c1N[C@@H]1CC[C@@H](CO)OC1. The lowest BCUT2D eigenvalue weighted by molar-refractivity contribution is -0.0223. The molecule has 1 fully saturated rings. The molecular weight excluding hydrogens is 499 g/mol. The molecule has 5 rings (SSSR count). The molecule has 4 aromatic rings. The monoisotopic (exact) mass is 520 g/mol. The molecule has 8 nitrogen and oxygen atoms in total. The summed E-state index contributed by atoms with van der Waals surface area (Å²) in [5, 5.41) is 12.9. The summed E-state index contributed by atoms with van der Waals surface area (Å²) in [7, 11) is 0. The van der Waals surface area contributed by atoms with Gasteiger partial charge in [0.15, 0.2) is 5.78 Å². The molecule has 188 valence electrons. The van der Waals surface area contributed by atoms with E-state index in [-0.39, 0.29) is 46.3 Å². The zero-order valence-electron chi connectivity index (χ0n) is 19.5. The average Bonchev–Trinajstić information content (AvgIpc) is 3.34. The first-order chi connectivity index (χ1) is 18.0. The third kappa shape index (κ3) is 5.00. The topological polar surface area (TPSA) is 101 Å². The van der Waals surface area contributed by atoms with E-state index in [0.717, 1.165) is 6.07 Å². The number of halogens is 2. The van der Waals surface area contributed by atoms with Crippen LogP contribution in [-0.4, -0.2) is 46.2 Å². The number of aliphatic hydroxyl groups is 1. The number of para-hydroxylation sites is 1. The number of aromatic amines is 1. The molecule has 2 aromatic heterocycles. The third-order valence-electron chi connectivity index (χ3n) is 6.19. The van der Waals surface area contributed by atoms with Crippen molar-refractivity contribution in [1.29, 1.82) is 0 Å². The first-order valence-corrected chi connectivity index (χ1v) is 12.0. The van der Waals surface area contributed by atoms with E-state index in [1.165, 1.54) is 18.5 Å². The van der Waals surface area contributed by atoms with E-state index in [0.29, 0.717) is 41.9 Å². The van der Waals surface area contributed by atoms with Crippen LogP contribution in [0.3, 0.4) is 0 Å². The number of pyridine rings is 1. The van der Waals surface area contributed by atoms with Crippen LogP contribution in [0.4, 0.5) is 15.8 Å². The van der Waals surface area contributed by atoms with E-state index in [4.69, 9.17) is 27.6 Å². The van der Waals surface area contributed by atoms with E-state index < -0.39 is 11.6 Å². The Morgan fingerprint density at radius 1 is 1.30 bits per heavy atom. The predicted octanol–water partition coefficient (Wildman–Crippen LogP) is 5.88. The molecule has 0 radical (unpaired) electrons. The Morgan fingerprint density at radius 2 is 2.11 bits per heavy atom. The highest BCUT2D eigenvalue weighted by Crippen LogP contribution is 2.38. The average molecular weight is 521 g/mol. The van der Waals surface area contributed by atoms with Crippen LogP contribution in [0.15, 0.2) is 54.9 Å². The van der Waals surface area contributed by atoms with Crippen LogP contribution in [0, 0.1) is 12.4 Å². The first kappa shape index (κ1) is 24.7. The molecule has 0 amide bonds. The number of anilines is 1. The van der Waals surface area contributed by atoms with E-state index in [2.05, 4.69) is 20.1 Å². The summed E-state index contributed by atoms with van der Waals surface area (Å²) in [4.78, 5) is 24.3. The number of aromatic nitrogens is 2. The van der Waals surface area contributed by atoms with Crippen LogP contribution < -0.4 is 10.1 Å². The molecule has 0 unspecified atom stereocenters. The van der Waals surface area contributed by atoms with Crippen molar-refractivity contribution in [3.8, 4) is 11.5 Å². The lowest BCUT2D eigenvalue weighted by Crippen LogP contribution is -2.36. The van der Waals surface area contributed by atoms with Crippen LogP contribution >= 0.6 is 11.6 Å². The minimum absolute atomic E-state index is 0.0580. The first-order valence-electron chi connectivity index (χ1n) is 11.6. The summed E-state index contributed by atoms with van der Waals surface area (Å²) >= 11 is 6.38. The van der Waals surface area contributed by atoms with Gasteiger partial charge in [-0.1, -0.05) is 29.8 Å². The number of ketones is 1. The highest BCUT2D eigenvalue weighted by atomic mass is 35.5. The molecule has 0 aliphatic carbocycles. The Labute approximate surface area is 216 Å². The smallest absolute Gasteiger partial charge is 0.228 e. The van der Waals surface area contributed by atoms with Gasteiger partial charge in [-0.05, 0) is 25.0 Å². The molecule has 37 heavy (non-hydrogen) atoms. The summed E-state index contributed by atoms with van der Waals surface area (Å²) < 4.78 is 26.5. The van der Waals surface area contributed by atoms with Gasteiger partial charge >= 0.3 is 0 Å². The van der Waals surface area contributed by atoms with Gasteiger partial charge in [0, 0.05) is 36.0 Å². The number of hydrogen-bond donors (Lipinski definition) is 3. The molecule has 0 saturated carbocycles. The van der Waals surface area contributed by atoms with Crippen LogP contribution in [0.1, 0.15) is 28.8 Å². The molecule has 10 heteroatoms. The van der Waals surface area contributed by atoms with Crippen molar-refractivity contribution < 1.29 is 23.8 Å². The zero-order chi connectivity index (χ0) is 25.9. The zero-order valence-corrected chi connectivity index (χ0v) is 20.3. The number of nitrogens with zero attached hydrogens (tertiary/aromatic N) is 2. The maximum Gasteiger partial charge on any atom is 0.228 e. The van der Waals surface area contributed by atoms with Crippen LogP contribution in [0.25, 0.3) is 15.9 Å². The van der Waals surface area contributed by atoms with Gasteiger partial charge in [0.05, 0.1) is 47.7 Å². The van der Waals surface area contributed by atoms with Gasteiger partial charge in [0.1, 0.15) is 23.0 Å². The Bertz CT molecular complexity index is 1470. The molecule has 0 bridgehead atoms. The number of carbonyl (C=O) groups excluding carboxylic acids is 1. The number of fused-ring (bicyclic) bond motifs is 1. The lowest BCUT2D eigenvalue weighted by Gasteiger charge is -2.29. The van der Waals surface area contributed by atoms with E-state index in [1.54, 1.807) is 24.3 Å². The molecule has 1 aliphatic rings. The Kier molecular flexibility index (Phi) is 7.06. The number of carbonyl (C=O) groups is 1. The molecule has 2 aromatic carbocycles. The van der Waals surface area contributed by atoms with Crippen molar-refractivity contribution >= 4 is 39.8 Å². The fraction of sp³-hybridized carbons (Fsp3) is 0.222. The Morgan fingerprint density at radius 3 is 2.78 bits per heavy atom. The Balaban J connectivity index is 1.50. The normalized spacial score (nSPS) is 17.4. The van der Waals surface area contributed by atoms with Gasteiger partial charge in [-0.25, -0.2) is 14.2 Å². The van der Waals surface area contributed by atoms with Crippen molar-refractivity contribution in [3.05, 3.63) is 88.2 Å². The number of hydrogen-bond acceptors (Lipinski definition) is 6. The highest BCUT2D eigenvalue weighted by molar-refractivity contribution is 6.36.